The number of aromatic nitrogens is 1. The van der Waals surface area contributed by atoms with E-state index in [0.717, 1.165) is 4.90 Å². The van der Waals surface area contributed by atoms with E-state index >= 15 is 0 Å². The minimum absolute atomic E-state index is 0. The van der Waals surface area contributed by atoms with Gasteiger partial charge in [0.05, 0.1) is 10.6 Å². The van der Waals surface area contributed by atoms with E-state index in [1.165, 1.54) is 12.1 Å². The van der Waals surface area contributed by atoms with Crippen molar-refractivity contribution in [3.8, 4) is 11.3 Å². The van der Waals surface area contributed by atoms with Gasteiger partial charge in [0, 0.05) is 24.8 Å². The number of piperidine rings is 1. The van der Waals surface area contributed by atoms with Crippen LogP contribution in [0.1, 0.15) is 18.4 Å². The van der Waals surface area contributed by atoms with Crippen molar-refractivity contribution in [2.45, 2.75) is 30.7 Å². The Morgan fingerprint density at radius 2 is 1.79 bits per heavy atom. The van der Waals surface area contributed by atoms with E-state index in [2.05, 4.69) is 9.71 Å². The van der Waals surface area contributed by atoms with E-state index < -0.39 is 34.0 Å². The zero-order valence-corrected chi connectivity index (χ0v) is 19.3. The van der Waals surface area contributed by atoms with Crippen molar-refractivity contribution < 1.29 is 26.8 Å². The number of sulfonamides is 1. The fraction of sp³-hybridized carbons (Fsp3) is 0.286. The highest BCUT2D eigenvalue weighted by Gasteiger charge is 2.35. The summed E-state index contributed by atoms with van der Waals surface area (Å²) in [5.41, 5.74) is 6.75. The standard InChI is InChI=1S/C21H22F2N4O4S.ClH/c1-13-15(16-6-2-3-10-25-16)5-4-7-17(13)32(30,31)26-18(20(24)28)21(29)27-11-8-14(9-12-27)19(22)23;/h2-7,10,18,26H,8-9,11-12H2,1H3,(H2,24,28);1H/t18-;/m0./s1. The van der Waals surface area contributed by atoms with E-state index in [1.54, 1.807) is 37.4 Å². The van der Waals surface area contributed by atoms with Gasteiger partial charge >= 0.3 is 0 Å². The van der Waals surface area contributed by atoms with Gasteiger partial charge in [0.15, 0.2) is 6.04 Å². The summed E-state index contributed by atoms with van der Waals surface area (Å²) >= 11 is 0. The van der Waals surface area contributed by atoms with Crippen LogP contribution in [0.25, 0.3) is 11.3 Å². The number of amides is 2. The van der Waals surface area contributed by atoms with Gasteiger partial charge in [-0.3, -0.25) is 14.6 Å². The Morgan fingerprint density at radius 3 is 2.33 bits per heavy atom. The maximum absolute atomic E-state index is 13.1. The molecule has 12 heteroatoms. The minimum Gasteiger partial charge on any atom is -0.368 e. The van der Waals surface area contributed by atoms with E-state index in [1.807, 2.05) is 0 Å². The fourth-order valence-corrected chi connectivity index (χ4v) is 4.95. The Morgan fingerprint density at radius 1 is 1.12 bits per heavy atom. The minimum atomic E-state index is -4.33. The number of pyridine rings is 1. The van der Waals surface area contributed by atoms with E-state index in [9.17, 15) is 26.8 Å². The number of carbonyl (C=O) groups excluding carboxylic acids is 2. The molecule has 1 aromatic carbocycles. The zero-order chi connectivity index (χ0) is 23.5. The molecule has 1 aliphatic rings. The monoisotopic (exact) mass is 500 g/mol. The van der Waals surface area contributed by atoms with Crippen LogP contribution in [-0.2, 0) is 19.6 Å². The van der Waals surface area contributed by atoms with Crippen LogP contribution in [-0.4, -0.2) is 49.2 Å². The fourth-order valence-electron chi connectivity index (χ4n) is 3.52. The number of carbonyl (C=O) groups is 2. The molecule has 2 aromatic rings. The molecule has 3 rings (SSSR count). The van der Waals surface area contributed by atoms with Crippen molar-refractivity contribution >= 4 is 34.2 Å². The Balaban J connectivity index is 0.00000385. The maximum atomic E-state index is 13.1. The second-order valence-electron chi connectivity index (χ2n) is 7.29. The summed E-state index contributed by atoms with van der Waals surface area (Å²) in [6, 6.07) is 7.92. The SMILES string of the molecule is Cc1c(-c2ccccn2)cccc1S(=O)(=O)N[C@@H](C(N)=O)C(=O)N1CCC(=C(F)F)CC1.Cl. The lowest BCUT2D eigenvalue weighted by molar-refractivity contribution is -0.138. The van der Waals surface area contributed by atoms with Crippen LogP contribution >= 0.6 is 12.4 Å². The first-order valence-corrected chi connectivity index (χ1v) is 11.2. The van der Waals surface area contributed by atoms with Gasteiger partial charge < -0.3 is 10.6 Å². The lowest BCUT2D eigenvalue weighted by Gasteiger charge is -2.30. The summed E-state index contributed by atoms with van der Waals surface area (Å²) in [5.74, 6) is -2.06. The third-order valence-corrected chi connectivity index (χ3v) is 6.83. The lowest BCUT2D eigenvalue weighted by atomic mass is 10.0. The molecule has 33 heavy (non-hydrogen) atoms. The van der Waals surface area contributed by atoms with Gasteiger partial charge in [0.25, 0.3) is 6.08 Å². The second-order valence-corrected chi connectivity index (χ2v) is 8.97. The molecule has 0 unspecified atom stereocenters. The first kappa shape index (κ1) is 26.4. The van der Waals surface area contributed by atoms with Crippen LogP contribution in [0.2, 0.25) is 0 Å². The Hall–Kier alpha value is -2.89. The van der Waals surface area contributed by atoms with Gasteiger partial charge in [-0.15, -0.1) is 12.4 Å². The normalized spacial score (nSPS) is 14.9. The van der Waals surface area contributed by atoms with E-state index in [0.29, 0.717) is 16.8 Å². The maximum Gasteiger partial charge on any atom is 0.269 e. The van der Waals surface area contributed by atoms with Crippen molar-refractivity contribution in [3.05, 3.63) is 59.8 Å². The number of benzene rings is 1. The summed E-state index contributed by atoms with van der Waals surface area (Å²) in [5, 5.41) is 0. The molecule has 3 N–H and O–H groups in total. The van der Waals surface area contributed by atoms with Crippen molar-refractivity contribution in [2.24, 2.45) is 5.73 Å². The second kappa shape index (κ2) is 10.8. The molecule has 0 aliphatic carbocycles. The van der Waals surface area contributed by atoms with Gasteiger partial charge in [-0.05, 0) is 49.1 Å². The molecule has 0 bridgehead atoms. The molecule has 1 fully saturated rings. The molecule has 8 nitrogen and oxygen atoms in total. The molecule has 2 heterocycles. The number of halogens is 3. The smallest absolute Gasteiger partial charge is 0.269 e. The first-order chi connectivity index (χ1) is 15.1. The number of rotatable bonds is 6. The molecule has 1 atom stereocenters. The van der Waals surface area contributed by atoms with Gasteiger partial charge in [-0.2, -0.15) is 13.5 Å². The Kier molecular flexibility index (Phi) is 8.64. The summed E-state index contributed by atoms with van der Waals surface area (Å²) in [4.78, 5) is 30.0. The molecule has 1 aliphatic heterocycles. The van der Waals surface area contributed by atoms with Gasteiger partial charge in [-0.25, -0.2) is 8.42 Å². The summed E-state index contributed by atoms with van der Waals surface area (Å²) in [6.45, 7) is 1.46. The number of hydrogen-bond acceptors (Lipinski definition) is 5. The van der Waals surface area contributed by atoms with Crippen molar-refractivity contribution in [2.75, 3.05) is 13.1 Å². The molecule has 1 aromatic heterocycles. The molecule has 178 valence electrons. The van der Waals surface area contributed by atoms with Crippen molar-refractivity contribution in [1.29, 1.82) is 0 Å². The van der Waals surface area contributed by atoms with Crippen molar-refractivity contribution in [1.82, 2.24) is 14.6 Å². The van der Waals surface area contributed by atoms with Gasteiger partial charge in [0.2, 0.25) is 21.8 Å². The highest BCUT2D eigenvalue weighted by Crippen LogP contribution is 2.27. The Labute approximate surface area is 196 Å². The molecular weight excluding hydrogens is 478 g/mol. The predicted octanol–water partition coefficient (Wildman–Crippen LogP) is 2.38. The van der Waals surface area contributed by atoms with Crippen LogP contribution in [0.4, 0.5) is 8.78 Å². The van der Waals surface area contributed by atoms with E-state index in [4.69, 9.17) is 5.73 Å². The molecule has 0 spiro atoms. The highest BCUT2D eigenvalue weighted by molar-refractivity contribution is 7.89. The summed E-state index contributed by atoms with van der Waals surface area (Å²) in [6.07, 6.45) is -0.327. The van der Waals surface area contributed by atoms with Crippen LogP contribution in [0.5, 0.6) is 0 Å². The number of primary amides is 1. The first-order valence-electron chi connectivity index (χ1n) is 9.76. The number of nitrogens with one attached hydrogen (secondary N) is 1. The van der Waals surface area contributed by atoms with Gasteiger partial charge in [0.1, 0.15) is 0 Å². The highest BCUT2D eigenvalue weighted by atomic mass is 35.5. The topological polar surface area (TPSA) is 122 Å². The van der Waals surface area contributed by atoms with Crippen LogP contribution in [0, 0.1) is 6.92 Å². The average Bonchev–Trinajstić information content (AvgIpc) is 2.77. The molecule has 0 saturated carbocycles. The van der Waals surface area contributed by atoms with Crippen LogP contribution in [0.15, 0.2) is 59.1 Å². The largest absolute Gasteiger partial charge is 0.368 e. The van der Waals surface area contributed by atoms with E-state index in [-0.39, 0.29) is 48.8 Å². The number of hydrogen-bond donors (Lipinski definition) is 2. The lowest BCUT2D eigenvalue weighted by Crippen LogP contribution is -2.56. The summed E-state index contributed by atoms with van der Waals surface area (Å²) in [7, 11) is -4.33. The Bertz CT molecular complexity index is 1160. The predicted molar refractivity (Wildman–Crippen MR) is 120 cm³/mol. The molecule has 0 radical (unpaired) electrons. The van der Waals surface area contributed by atoms with Crippen molar-refractivity contribution in [3.63, 3.8) is 0 Å². The van der Waals surface area contributed by atoms with Gasteiger partial charge in [-0.1, -0.05) is 18.2 Å². The summed E-state index contributed by atoms with van der Waals surface area (Å²) < 4.78 is 53.7. The third kappa shape index (κ3) is 5.92. The average molecular weight is 501 g/mol. The molecule has 2 amide bonds. The number of nitrogens with zero attached hydrogens (tertiary/aromatic N) is 2. The number of likely N-dealkylation sites (tertiary alicyclic amines) is 1. The quantitative estimate of drug-likeness (QED) is 0.590. The third-order valence-electron chi connectivity index (χ3n) is 5.26. The van der Waals surface area contributed by atoms with Crippen LogP contribution in [0.3, 0.4) is 0 Å². The van der Waals surface area contributed by atoms with Crippen LogP contribution < -0.4 is 10.5 Å². The zero-order valence-electron chi connectivity index (χ0n) is 17.6. The molecular formula is C21H23ClF2N4O4S. The molecule has 1 saturated heterocycles. The number of nitrogens with two attached hydrogens (primary N) is 1.